The molecule has 26 heavy (non-hydrogen) atoms. The van der Waals surface area contributed by atoms with Crippen LogP contribution in [0.4, 0.5) is 5.00 Å². The smallest absolute Gasteiger partial charge is 0.339 e. The number of fused-ring (bicyclic) bond motifs is 1. The number of unbranched alkanes of at least 4 members (excludes halogenated alkanes) is 1. The molecule has 1 amide bonds. The molecule has 5 nitrogen and oxygen atoms in total. The number of thiophene rings is 1. The zero-order valence-electron chi connectivity index (χ0n) is 16.6. The summed E-state index contributed by atoms with van der Waals surface area (Å²) in [6.45, 7) is 9.99. The summed E-state index contributed by atoms with van der Waals surface area (Å²) >= 11 is 1.45. The second-order valence-corrected chi connectivity index (χ2v) is 9.56. The van der Waals surface area contributed by atoms with E-state index < -0.39 is 5.97 Å². The third-order valence-electron chi connectivity index (χ3n) is 5.26. The Morgan fingerprint density at radius 2 is 2.04 bits per heavy atom. The SMILES string of the molecule is CCCCN(C)CC(=O)Nc1sc2c(c1C(=O)O)CCC(C(C)(C)C)C2. The fourth-order valence-electron chi connectivity index (χ4n) is 3.56. The number of likely N-dealkylation sites (N-methyl/N-ethyl adjacent to an activating group) is 1. The first-order chi connectivity index (χ1) is 12.1. The van der Waals surface area contributed by atoms with Crippen molar-refractivity contribution in [1.82, 2.24) is 4.90 Å². The minimum atomic E-state index is -0.939. The molecule has 0 aromatic carbocycles. The van der Waals surface area contributed by atoms with Gasteiger partial charge in [0.1, 0.15) is 5.00 Å². The highest BCUT2D eigenvalue weighted by atomic mass is 32.1. The zero-order valence-corrected chi connectivity index (χ0v) is 17.5. The lowest BCUT2D eigenvalue weighted by molar-refractivity contribution is -0.117. The quantitative estimate of drug-likeness (QED) is 0.741. The van der Waals surface area contributed by atoms with Crippen LogP contribution in [0.1, 0.15) is 67.8 Å². The Morgan fingerprint density at radius 3 is 2.62 bits per heavy atom. The fraction of sp³-hybridized carbons (Fsp3) is 0.700. The number of carboxylic acids is 1. The third kappa shape index (κ3) is 5.07. The van der Waals surface area contributed by atoms with Gasteiger partial charge in [-0.25, -0.2) is 4.79 Å². The number of nitrogens with zero attached hydrogens (tertiary/aromatic N) is 1. The number of anilines is 1. The van der Waals surface area contributed by atoms with Crippen molar-refractivity contribution in [3.63, 3.8) is 0 Å². The molecule has 0 fully saturated rings. The van der Waals surface area contributed by atoms with Gasteiger partial charge in [0.2, 0.25) is 5.91 Å². The van der Waals surface area contributed by atoms with E-state index in [2.05, 4.69) is 33.0 Å². The van der Waals surface area contributed by atoms with E-state index in [0.29, 0.717) is 16.5 Å². The number of carboxylic acid groups (broad SMARTS) is 1. The van der Waals surface area contributed by atoms with Crippen molar-refractivity contribution in [1.29, 1.82) is 0 Å². The predicted octanol–water partition coefficient (Wildman–Crippen LogP) is 4.27. The van der Waals surface area contributed by atoms with E-state index in [4.69, 9.17) is 0 Å². The topological polar surface area (TPSA) is 69.6 Å². The molecule has 0 aliphatic heterocycles. The molecular formula is C20H32N2O3S. The highest BCUT2D eigenvalue weighted by Gasteiger charge is 2.34. The predicted molar refractivity (Wildman–Crippen MR) is 107 cm³/mol. The summed E-state index contributed by atoms with van der Waals surface area (Å²) in [6, 6.07) is 0. The molecule has 6 heteroatoms. The summed E-state index contributed by atoms with van der Waals surface area (Å²) in [5.41, 5.74) is 1.44. The molecule has 2 rings (SSSR count). The summed E-state index contributed by atoms with van der Waals surface area (Å²) < 4.78 is 0. The molecule has 146 valence electrons. The van der Waals surface area contributed by atoms with Crippen LogP contribution in [-0.2, 0) is 17.6 Å². The Bertz CT molecular complexity index is 661. The van der Waals surface area contributed by atoms with Crippen LogP contribution in [0.15, 0.2) is 0 Å². The van der Waals surface area contributed by atoms with Crippen LogP contribution in [0, 0.1) is 11.3 Å². The maximum Gasteiger partial charge on any atom is 0.339 e. The molecule has 1 heterocycles. The molecule has 1 aliphatic carbocycles. The lowest BCUT2D eigenvalue weighted by atomic mass is 9.72. The van der Waals surface area contributed by atoms with Crippen LogP contribution in [0.2, 0.25) is 0 Å². The van der Waals surface area contributed by atoms with Crippen LogP contribution >= 0.6 is 11.3 Å². The van der Waals surface area contributed by atoms with E-state index in [-0.39, 0.29) is 17.9 Å². The number of aromatic carboxylic acids is 1. The van der Waals surface area contributed by atoms with Crippen molar-refractivity contribution in [3.8, 4) is 0 Å². The number of hydrogen-bond donors (Lipinski definition) is 2. The van der Waals surface area contributed by atoms with E-state index in [9.17, 15) is 14.7 Å². The van der Waals surface area contributed by atoms with E-state index in [1.165, 1.54) is 11.3 Å². The van der Waals surface area contributed by atoms with Gasteiger partial charge in [-0.05, 0) is 56.2 Å². The first-order valence-electron chi connectivity index (χ1n) is 9.49. The van der Waals surface area contributed by atoms with Gasteiger partial charge in [-0.15, -0.1) is 11.3 Å². The maximum absolute atomic E-state index is 12.4. The normalized spacial score (nSPS) is 17.2. The second-order valence-electron chi connectivity index (χ2n) is 8.46. The van der Waals surface area contributed by atoms with Gasteiger partial charge >= 0.3 is 5.97 Å². The number of carbonyl (C=O) groups is 2. The lowest BCUT2D eigenvalue weighted by Crippen LogP contribution is -2.31. The molecule has 0 spiro atoms. The average molecular weight is 381 g/mol. The minimum Gasteiger partial charge on any atom is -0.478 e. The number of nitrogens with one attached hydrogen (secondary N) is 1. The molecule has 1 aromatic heterocycles. The highest BCUT2D eigenvalue weighted by Crippen LogP contribution is 2.44. The van der Waals surface area contributed by atoms with Gasteiger partial charge in [-0.2, -0.15) is 0 Å². The van der Waals surface area contributed by atoms with E-state index in [1.807, 2.05) is 11.9 Å². The van der Waals surface area contributed by atoms with Crippen LogP contribution in [0.3, 0.4) is 0 Å². The van der Waals surface area contributed by atoms with Gasteiger partial charge in [0.15, 0.2) is 0 Å². The Balaban J connectivity index is 2.16. The molecule has 1 aromatic rings. The molecule has 2 N–H and O–H groups in total. The number of carbonyl (C=O) groups excluding carboxylic acids is 1. The summed E-state index contributed by atoms with van der Waals surface area (Å²) in [5, 5.41) is 13.1. The molecule has 1 atom stereocenters. The van der Waals surface area contributed by atoms with Gasteiger partial charge in [0.05, 0.1) is 12.1 Å². The van der Waals surface area contributed by atoms with E-state index in [0.717, 1.165) is 49.1 Å². The first kappa shape index (κ1) is 20.9. The molecule has 0 bridgehead atoms. The minimum absolute atomic E-state index is 0.142. The van der Waals surface area contributed by atoms with Gasteiger partial charge in [-0.1, -0.05) is 34.1 Å². The van der Waals surface area contributed by atoms with Gasteiger partial charge in [0.25, 0.3) is 0 Å². The van der Waals surface area contributed by atoms with Crippen molar-refractivity contribution in [3.05, 3.63) is 16.0 Å². The lowest BCUT2D eigenvalue weighted by Gasteiger charge is -2.33. The number of hydrogen-bond acceptors (Lipinski definition) is 4. The largest absolute Gasteiger partial charge is 0.478 e. The summed E-state index contributed by atoms with van der Waals surface area (Å²) in [7, 11) is 1.92. The van der Waals surface area contributed by atoms with Crippen molar-refractivity contribution >= 4 is 28.2 Å². The first-order valence-corrected chi connectivity index (χ1v) is 10.3. The maximum atomic E-state index is 12.4. The molecule has 0 saturated carbocycles. The van der Waals surface area contributed by atoms with Gasteiger partial charge < -0.3 is 10.4 Å². The average Bonchev–Trinajstić information content (AvgIpc) is 2.88. The van der Waals surface area contributed by atoms with Crippen molar-refractivity contribution in [2.45, 2.75) is 59.8 Å². The standard InChI is InChI=1S/C20H32N2O3S/c1-6-7-10-22(5)12-16(23)21-18-17(19(24)25)14-9-8-13(20(2,3)4)11-15(14)26-18/h13H,6-12H2,1-5H3,(H,21,23)(H,24,25). The monoisotopic (exact) mass is 380 g/mol. The van der Waals surface area contributed by atoms with Crippen molar-refractivity contribution < 1.29 is 14.7 Å². The molecule has 1 unspecified atom stereocenters. The summed E-state index contributed by atoms with van der Waals surface area (Å²) in [4.78, 5) is 27.3. The van der Waals surface area contributed by atoms with E-state index in [1.54, 1.807) is 0 Å². The van der Waals surface area contributed by atoms with Crippen LogP contribution < -0.4 is 5.32 Å². The van der Waals surface area contributed by atoms with Crippen LogP contribution in [0.5, 0.6) is 0 Å². The Labute approximate surface area is 160 Å². The van der Waals surface area contributed by atoms with Crippen LogP contribution in [-0.4, -0.2) is 42.0 Å². The molecular weight excluding hydrogens is 348 g/mol. The summed E-state index contributed by atoms with van der Waals surface area (Å²) in [6.07, 6.45) is 4.81. The third-order valence-corrected chi connectivity index (χ3v) is 6.43. The van der Waals surface area contributed by atoms with Crippen molar-refractivity contribution in [2.75, 3.05) is 25.5 Å². The number of amides is 1. The number of rotatable bonds is 7. The molecule has 1 aliphatic rings. The summed E-state index contributed by atoms with van der Waals surface area (Å²) in [5.74, 6) is -0.539. The van der Waals surface area contributed by atoms with Crippen molar-refractivity contribution in [2.24, 2.45) is 11.3 Å². The zero-order chi connectivity index (χ0) is 19.5. The van der Waals surface area contributed by atoms with Gasteiger partial charge in [0, 0.05) is 4.88 Å². The second kappa shape index (κ2) is 8.53. The fourth-order valence-corrected chi connectivity index (χ4v) is 4.89. The van der Waals surface area contributed by atoms with Crippen LogP contribution in [0.25, 0.3) is 0 Å². The molecule has 0 radical (unpaired) electrons. The van der Waals surface area contributed by atoms with E-state index >= 15 is 0 Å². The Kier molecular flexibility index (Phi) is 6.86. The van der Waals surface area contributed by atoms with Gasteiger partial charge in [-0.3, -0.25) is 9.69 Å². The Morgan fingerprint density at radius 1 is 1.35 bits per heavy atom. The Hall–Kier alpha value is -1.40. The highest BCUT2D eigenvalue weighted by molar-refractivity contribution is 7.17. The molecule has 0 saturated heterocycles.